The Morgan fingerprint density at radius 3 is 2.75 bits per heavy atom. The van der Waals surface area contributed by atoms with Crippen molar-refractivity contribution in [2.75, 3.05) is 13.2 Å². The second kappa shape index (κ2) is 6.99. The van der Waals surface area contributed by atoms with E-state index in [0.29, 0.717) is 29.5 Å². The molecule has 6 heteroatoms. The van der Waals surface area contributed by atoms with E-state index in [2.05, 4.69) is 10.3 Å². The highest BCUT2D eigenvalue weighted by atomic mass is 32.1. The number of hydrogen-bond donors (Lipinski definition) is 1. The van der Waals surface area contributed by atoms with Gasteiger partial charge < -0.3 is 10.1 Å². The lowest BCUT2D eigenvalue weighted by Crippen LogP contribution is -2.47. The number of carbonyl (C=O) groups is 1. The topological polar surface area (TPSA) is 51.2 Å². The quantitative estimate of drug-likeness (QED) is 0.920. The summed E-state index contributed by atoms with van der Waals surface area (Å²) in [6.45, 7) is 5.06. The second-order valence-corrected chi connectivity index (χ2v) is 7.36. The Labute approximate surface area is 145 Å². The van der Waals surface area contributed by atoms with Gasteiger partial charge in [0, 0.05) is 30.2 Å². The third-order valence-corrected chi connectivity index (χ3v) is 5.25. The molecule has 1 aromatic heterocycles. The van der Waals surface area contributed by atoms with Crippen LogP contribution in [-0.4, -0.2) is 30.1 Å². The first-order valence-corrected chi connectivity index (χ1v) is 8.96. The third kappa shape index (κ3) is 3.49. The molecule has 1 fully saturated rings. The lowest BCUT2D eigenvalue weighted by Gasteiger charge is -2.28. The highest BCUT2D eigenvalue weighted by Gasteiger charge is 2.34. The average Bonchev–Trinajstić information content (AvgIpc) is 3.06. The van der Waals surface area contributed by atoms with Gasteiger partial charge in [0.05, 0.1) is 11.1 Å². The smallest absolute Gasteiger partial charge is 0.231 e. The lowest BCUT2D eigenvalue weighted by molar-refractivity contribution is -0.127. The fourth-order valence-corrected chi connectivity index (χ4v) is 3.66. The molecule has 0 atom stereocenters. The molecule has 0 saturated carbocycles. The van der Waals surface area contributed by atoms with E-state index < -0.39 is 5.41 Å². The maximum Gasteiger partial charge on any atom is 0.231 e. The van der Waals surface area contributed by atoms with Crippen LogP contribution in [0.5, 0.6) is 0 Å². The van der Waals surface area contributed by atoms with Crippen LogP contribution in [0, 0.1) is 5.82 Å². The van der Waals surface area contributed by atoms with E-state index in [0.717, 1.165) is 12.8 Å². The Kier molecular flexibility index (Phi) is 4.96. The molecular weight excluding hydrogens is 327 g/mol. The number of rotatable bonds is 4. The molecule has 1 amide bonds. The van der Waals surface area contributed by atoms with Crippen LogP contribution in [0.2, 0.25) is 0 Å². The first-order valence-electron chi connectivity index (χ1n) is 8.08. The van der Waals surface area contributed by atoms with Crippen LogP contribution in [0.3, 0.4) is 0 Å². The van der Waals surface area contributed by atoms with Crippen molar-refractivity contribution >= 4 is 17.2 Å². The summed E-state index contributed by atoms with van der Waals surface area (Å²) in [6, 6.07) is 6.70. The molecule has 0 unspecified atom stereocenters. The number of amides is 1. The molecule has 24 heavy (non-hydrogen) atoms. The van der Waals surface area contributed by atoms with Crippen LogP contribution in [0.4, 0.5) is 4.39 Å². The van der Waals surface area contributed by atoms with Gasteiger partial charge in [-0.25, -0.2) is 9.37 Å². The number of benzene rings is 1. The van der Waals surface area contributed by atoms with E-state index in [4.69, 9.17) is 4.74 Å². The fourth-order valence-electron chi connectivity index (χ4n) is 2.64. The molecule has 0 aliphatic carbocycles. The minimum Gasteiger partial charge on any atom is -0.381 e. The number of halogens is 1. The van der Waals surface area contributed by atoms with Gasteiger partial charge in [-0.05, 0) is 38.8 Å². The minimum atomic E-state index is -0.766. The van der Waals surface area contributed by atoms with Crippen LogP contribution < -0.4 is 5.32 Å². The highest BCUT2D eigenvalue weighted by molar-refractivity contribution is 7.13. The predicted octanol–water partition coefficient (Wildman–Crippen LogP) is 3.52. The van der Waals surface area contributed by atoms with E-state index in [1.54, 1.807) is 18.2 Å². The Balaban J connectivity index is 1.77. The van der Waals surface area contributed by atoms with Crippen molar-refractivity contribution in [1.82, 2.24) is 10.3 Å². The molecule has 1 saturated heterocycles. The Bertz CT molecular complexity index is 723. The van der Waals surface area contributed by atoms with Crippen LogP contribution in [-0.2, 0) is 14.9 Å². The molecule has 2 aromatic rings. The molecule has 1 aliphatic rings. The summed E-state index contributed by atoms with van der Waals surface area (Å²) < 4.78 is 19.2. The zero-order valence-corrected chi connectivity index (χ0v) is 14.7. The van der Waals surface area contributed by atoms with Gasteiger partial charge in [0.1, 0.15) is 10.8 Å². The van der Waals surface area contributed by atoms with Crippen molar-refractivity contribution in [1.29, 1.82) is 0 Å². The average molecular weight is 348 g/mol. The van der Waals surface area contributed by atoms with Gasteiger partial charge in [-0.2, -0.15) is 0 Å². The van der Waals surface area contributed by atoms with Crippen LogP contribution in [0.15, 0.2) is 29.6 Å². The van der Waals surface area contributed by atoms with Crippen molar-refractivity contribution in [2.45, 2.75) is 38.1 Å². The van der Waals surface area contributed by atoms with E-state index >= 15 is 0 Å². The molecule has 0 radical (unpaired) electrons. The Hall–Kier alpha value is -1.79. The molecule has 128 valence electrons. The molecule has 1 aliphatic heterocycles. The second-order valence-electron chi connectivity index (χ2n) is 6.50. The standard InChI is InChI=1S/C18H21FN2O2S/c1-18(2,17(22)20-12-7-9-23-10-8-12)15-11-24-16(21-15)13-5-3-4-6-14(13)19/h3-6,11-12H,7-10H2,1-2H3,(H,20,22). The summed E-state index contributed by atoms with van der Waals surface area (Å²) in [4.78, 5) is 17.2. The monoisotopic (exact) mass is 348 g/mol. The molecular formula is C18H21FN2O2S. The Morgan fingerprint density at radius 1 is 1.33 bits per heavy atom. The zero-order valence-electron chi connectivity index (χ0n) is 13.8. The van der Waals surface area contributed by atoms with E-state index in [1.165, 1.54) is 17.4 Å². The summed E-state index contributed by atoms with van der Waals surface area (Å²) in [6.07, 6.45) is 1.67. The maximum absolute atomic E-state index is 13.9. The number of hydrogen-bond acceptors (Lipinski definition) is 4. The summed E-state index contributed by atoms with van der Waals surface area (Å²) >= 11 is 1.36. The number of carbonyl (C=O) groups excluding carboxylic acids is 1. The molecule has 3 rings (SSSR count). The van der Waals surface area contributed by atoms with Gasteiger partial charge in [0.25, 0.3) is 0 Å². The van der Waals surface area contributed by atoms with Gasteiger partial charge in [-0.1, -0.05) is 12.1 Å². The Morgan fingerprint density at radius 2 is 2.04 bits per heavy atom. The molecule has 1 N–H and O–H groups in total. The maximum atomic E-state index is 13.9. The van der Waals surface area contributed by atoms with Crippen LogP contribution in [0.1, 0.15) is 32.4 Å². The number of ether oxygens (including phenoxy) is 1. The van der Waals surface area contributed by atoms with Gasteiger partial charge in [0.15, 0.2) is 0 Å². The van der Waals surface area contributed by atoms with Gasteiger partial charge >= 0.3 is 0 Å². The first-order chi connectivity index (χ1) is 11.5. The van der Waals surface area contributed by atoms with Crippen LogP contribution >= 0.6 is 11.3 Å². The fraction of sp³-hybridized carbons (Fsp3) is 0.444. The lowest BCUT2D eigenvalue weighted by atomic mass is 9.88. The number of nitrogens with one attached hydrogen (secondary N) is 1. The van der Waals surface area contributed by atoms with E-state index in [1.807, 2.05) is 19.2 Å². The SMILES string of the molecule is CC(C)(C(=O)NC1CCOCC1)c1csc(-c2ccccc2F)n1. The van der Waals surface area contributed by atoms with Gasteiger partial charge in [-0.3, -0.25) is 4.79 Å². The number of thiazole rings is 1. The van der Waals surface area contributed by atoms with Gasteiger partial charge in [-0.15, -0.1) is 11.3 Å². The molecule has 1 aromatic carbocycles. The first kappa shape index (κ1) is 17.0. The summed E-state index contributed by atoms with van der Waals surface area (Å²) in [5, 5.41) is 5.52. The normalized spacial score (nSPS) is 16.1. The molecule has 2 heterocycles. The minimum absolute atomic E-state index is 0.0558. The summed E-state index contributed by atoms with van der Waals surface area (Å²) in [5.74, 6) is -0.359. The number of aromatic nitrogens is 1. The summed E-state index contributed by atoms with van der Waals surface area (Å²) in [5.41, 5.74) is 0.364. The molecule has 0 bridgehead atoms. The van der Waals surface area contributed by atoms with E-state index in [9.17, 15) is 9.18 Å². The predicted molar refractivity (Wildman–Crippen MR) is 92.5 cm³/mol. The van der Waals surface area contributed by atoms with Crippen molar-refractivity contribution < 1.29 is 13.9 Å². The molecule has 4 nitrogen and oxygen atoms in total. The number of nitrogens with zero attached hydrogens (tertiary/aromatic N) is 1. The highest BCUT2D eigenvalue weighted by Crippen LogP contribution is 2.31. The van der Waals surface area contributed by atoms with Gasteiger partial charge in [0.2, 0.25) is 5.91 Å². The van der Waals surface area contributed by atoms with Crippen LogP contribution in [0.25, 0.3) is 10.6 Å². The zero-order chi connectivity index (χ0) is 17.2. The van der Waals surface area contributed by atoms with Crippen molar-refractivity contribution in [3.63, 3.8) is 0 Å². The molecule has 0 spiro atoms. The summed E-state index contributed by atoms with van der Waals surface area (Å²) in [7, 11) is 0. The largest absolute Gasteiger partial charge is 0.381 e. The third-order valence-electron chi connectivity index (χ3n) is 4.37. The van der Waals surface area contributed by atoms with Crippen molar-refractivity contribution in [3.8, 4) is 10.6 Å². The van der Waals surface area contributed by atoms with Crippen molar-refractivity contribution in [2.24, 2.45) is 0 Å². The van der Waals surface area contributed by atoms with Crippen molar-refractivity contribution in [3.05, 3.63) is 41.2 Å². The van der Waals surface area contributed by atoms with E-state index in [-0.39, 0.29) is 17.8 Å².